The summed E-state index contributed by atoms with van der Waals surface area (Å²) in [6.07, 6.45) is 5.29. The molecule has 0 spiro atoms. The topological polar surface area (TPSA) is 58.6 Å². The molecule has 1 aliphatic carbocycles. The first-order chi connectivity index (χ1) is 9.92. The Bertz CT molecular complexity index is 351. The number of rotatable bonds is 9. The molecule has 5 nitrogen and oxygen atoms in total. The molecule has 1 fully saturated rings. The molecule has 5 heteroatoms. The molecule has 1 amide bonds. The molecule has 1 atom stereocenters. The molecule has 1 rings (SSSR count). The Balaban J connectivity index is 2.38. The normalized spacial score (nSPS) is 18.0. The van der Waals surface area contributed by atoms with Crippen molar-refractivity contribution in [3.8, 4) is 0 Å². The second kappa shape index (κ2) is 8.37. The van der Waals surface area contributed by atoms with Gasteiger partial charge >= 0.3 is 5.97 Å². The lowest BCUT2D eigenvalue weighted by molar-refractivity contribution is -0.167. The minimum absolute atomic E-state index is 0.103. The Morgan fingerprint density at radius 3 is 2.43 bits per heavy atom. The number of ether oxygens (including phenoxy) is 1. The number of hydrogen-bond donors (Lipinski definition) is 1. The fourth-order valence-corrected chi connectivity index (χ4v) is 2.64. The minimum atomic E-state index is -0.909. The Morgan fingerprint density at radius 1 is 1.29 bits per heavy atom. The van der Waals surface area contributed by atoms with Crippen molar-refractivity contribution in [1.82, 2.24) is 10.2 Å². The summed E-state index contributed by atoms with van der Waals surface area (Å²) in [6, 6.07) is 0.103. The van der Waals surface area contributed by atoms with E-state index < -0.39 is 5.41 Å². The maximum atomic E-state index is 12.4. The summed E-state index contributed by atoms with van der Waals surface area (Å²) in [5, 5.41) is 3.00. The van der Waals surface area contributed by atoms with Crippen molar-refractivity contribution in [3.05, 3.63) is 0 Å². The zero-order valence-electron chi connectivity index (χ0n) is 13.9. The SMILES string of the molecule is CCOC(=O)C1(C(=O)N[C@H](C)CCCCN(C)C)CCC1. The highest BCUT2D eigenvalue weighted by atomic mass is 16.5. The molecule has 0 aromatic rings. The number of amides is 1. The van der Waals surface area contributed by atoms with Crippen LogP contribution < -0.4 is 5.32 Å². The van der Waals surface area contributed by atoms with Crippen molar-refractivity contribution >= 4 is 11.9 Å². The number of carbonyl (C=O) groups is 2. The largest absolute Gasteiger partial charge is 0.465 e. The second-order valence-corrected chi connectivity index (χ2v) is 6.33. The van der Waals surface area contributed by atoms with E-state index in [0.29, 0.717) is 19.4 Å². The second-order valence-electron chi connectivity index (χ2n) is 6.33. The molecule has 0 heterocycles. The van der Waals surface area contributed by atoms with Gasteiger partial charge in [0.05, 0.1) is 6.61 Å². The van der Waals surface area contributed by atoms with E-state index in [1.54, 1.807) is 6.92 Å². The highest BCUT2D eigenvalue weighted by Crippen LogP contribution is 2.42. The lowest BCUT2D eigenvalue weighted by atomic mass is 9.68. The molecule has 0 aromatic carbocycles. The molecule has 0 bridgehead atoms. The van der Waals surface area contributed by atoms with Crippen molar-refractivity contribution < 1.29 is 14.3 Å². The average molecular weight is 298 g/mol. The first kappa shape index (κ1) is 18.0. The van der Waals surface area contributed by atoms with Gasteiger partial charge in [0.2, 0.25) is 5.91 Å². The molecular weight excluding hydrogens is 268 g/mol. The van der Waals surface area contributed by atoms with Crippen molar-refractivity contribution in [3.63, 3.8) is 0 Å². The number of esters is 1. The van der Waals surface area contributed by atoms with Crippen molar-refractivity contribution in [2.75, 3.05) is 27.2 Å². The highest BCUT2D eigenvalue weighted by Gasteiger charge is 2.52. The number of carbonyl (C=O) groups excluding carboxylic acids is 2. The monoisotopic (exact) mass is 298 g/mol. The van der Waals surface area contributed by atoms with Crippen LogP contribution in [0, 0.1) is 5.41 Å². The molecule has 1 aliphatic rings. The van der Waals surface area contributed by atoms with E-state index in [1.807, 2.05) is 6.92 Å². The molecule has 1 saturated carbocycles. The fourth-order valence-electron chi connectivity index (χ4n) is 2.64. The summed E-state index contributed by atoms with van der Waals surface area (Å²) >= 11 is 0. The van der Waals surface area contributed by atoms with Crippen LogP contribution in [0.5, 0.6) is 0 Å². The molecule has 21 heavy (non-hydrogen) atoms. The predicted molar refractivity (Wildman–Crippen MR) is 82.9 cm³/mol. The lowest BCUT2D eigenvalue weighted by Crippen LogP contribution is -2.53. The summed E-state index contributed by atoms with van der Waals surface area (Å²) in [7, 11) is 4.12. The van der Waals surface area contributed by atoms with Gasteiger partial charge in [-0.3, -0.25) is 9.59 Å². The summed E-state index contributed by atoms with van der Waals surface area (Å²) in [5.41, 5.74) is -0.909. The van der Waals surface area contributed by atoms with Crippen molar-refractivity contribution in [2.45, 2.75) is 58.4 Å². The number of nitrogens with zero attached hydrogens (tertiary/aromatic N) is 1. The van der Waals surface area contributed by atoms with Crippen LogP contribution in [0.1, 0.15) is 52.4 Å². The number of unbranched alkanes of at least 4 members (excludes halogenated alkanes) is 1. The zero-order valence-corrected chi connectivity index (χ0v) is 13.9. The Kier molecular flexibility index (Phi) is 7.15. The van der Waals surface area contributed by atoms with Gasteiger partial charge < -0.3 is 15.0 Å². The Morgan fingerprint density at radius 2 is 1.95 bits per heavy atom. The summed E-state index contributed by atoms with van der Waals surface area (Å²) < 4.78 is 5.07. The fraction of sp³-hybridized carbons (Fsp3) is 0.875. The molecular formula is C16H30N2O3. The van der Waals surface area contributed by atoms with Gasteiger partial charge in [0.25, 0.3) is 0 Å². The molecule has 0 aromatic heterocycles. The predicted octanol–water partition coefficient (Wildman–Crippen LogP) is 1.96. The van der Waals surface area contributed by atoms with Crippen LogP contribution in [0.2, 0.25) is 0 Å². The van der Waals surface area contributed by atoms with Gasteiger partial charge in [0.1, 0.15) is 5.41 Å². The van der Waals surface area contributed by atoms with Crippen LogP contribution in [0.15, 0.2) is 0 Å². The third kappa shape index (κ3) is 4.99. The van der Waals surface area contributed by atoms with E-state index in [4.69, 9.17) is 4.74 Å². The van der Waals surface area contributed by atoms with Crippen LogP contribution in [0.25, 0.3) is 0 Å². The van der Waals surface area contributed by atoms with Gasteiger partial charge in [-0.05, 0) is 60.2 Å². The lowest BCUT2D eigenvalue weighted by Gasteiger charge is -2.38. The summed E-state index contributed by atoms with van der Waals surface area (Å²) in [6.45, 7) is 5.17. The van der Waals surface area contributed by atoms with Gasteiger partial charge in [-0.25, -0.2) is 0 Å². The van der Waals surface area contributed by atoms with E-state index in [2.05, 4.69) is 24.3 Å². The van der Waals surface area contributed by atoms with Gasteiger partial charge in [-0.2, -0.15) is 0 Å². The molecule has 0 saturated heterocycles. The third-order valence-corrected chi connectivity index (χ3v) is 4.18. The van der Waals surface area contributed by atoms with Gasteiger partial charge in [0, 0.05) is 6.04 Å². The average Bonchev–Trinajstić information content (AvgIpc) is 2.33. The van der Waals surface area contributed by atoms with E-state index >= 15 is 0 Å². The maximum Gasteiger partial charge on any atom is 0.321 e. The molecule has 0 unspecified atom stereocenters. The smallest absolute Gasteiger partial charge is 0.321 e. The zero-order chi connectivity index (χ0) is 15.9. The molecule has 0 aliphatic heterocycles. The van der Waals surface area contributed by atoms with Gasteiger partial charge in [-0.1, -0.05) is 12.8 Å². The van der Waals surface area contributed by atoms with E-state index in [0.717, 1.165) is 32.2 Å². The van der Waals surface area contributed by atoms with Crippen LogP contribution >= 0.6 is 0 Å². The van der Waals surface area contributed by atoms with Crippen LogP contribution in [-0.2, 0) is 14.3 Å². The molecule has 0 radical (unpaired) electrons. The van der Waals surface area contributed by atoms with Crippen molar-refractivity contribution in [2.24, 2.45) is 5.41 Å². The first-order valence-corrected chi connectivity index (χ1v) is 8.05. The quantitative estimate of drug-likeness (QED) is 0.401. The van der Waals surface area contributed by atoms with E-state index in [1.165, 1.54) is 0 Å². The van der Waals surface area contributed by atoms with E-state index in [9.17, 15) is 9.59 Å². The maximum absolute atomic E-state index is 12.4. The van der Waals surface area contributed by atoms with Gasteiger partial charge in [-0.15, -0.1) is 0 Å². The Labute approximate surface area is 128 Å². The summed E-state index contributed by atoms with van der Waals surface area (Å²) in [5.74, 6) is -0.499. The molecule has 122 valence electrons. The molecule has 1 N–H and O–H groups in total. The minimum Gasteiger partial charge on any atom is -0.465 e. The van der Waals surface area contributed by atoms with Crippen LogP contribution in [0.3, 0.4) is 0 Å². The van der Waals surface area contributed by atoms with Crippen LogP contribution in [-0.4, -0.2) is 50.1 Å². The van der Waals surface area contributed by atoms with Crippen LogP contribution in [0.4, 0.5) is 0 Å². The standard InChI is InChI=1S/C16H30N2O3/c1-5-21-15(20)16(10-8-11-16)14(19)17-13(2)9-6-7-12-18(3)4/h13H,5-12H2,1-4H3,(H,17,19)/t13-/m1/s1. The highest BCUT2D eigenvalue weighted by molar-refractivity contribution is 6.03. The van der Waals surface area contributed by atoms with Gasteiger partial charge in [0.15, 0.2) is 0 Å². The number of nitrogens with one attached hydrogen (secondary N) is 1. The van der Waals surface area contributed by atoms with E-state index in [-0.39, 0.29) is 17.9 Å². The first-order valence-electron chi connectivity index (χ1n) is 8.05. The third-order valence-electron chi connectivity index (χ3n) is 4.18. The summed E-state index contributed by atoms with van der Waals surface area (Å²) in [4.78, 5) is 26.6. The van der Waals surface area contributed by atoms with Crippen molar-refractivity contribution in [1.29, 1.82) is 0 Å². The Hall–Kier alpha value is -1.10. The number of hydrogen-bond acceptors (Lipinski definition) is 4.